The topological polar surface area (TPSA) is 116 Å². The molecule has 9 heteroatoms. The van der Waals surface area contributed by atoms with Crippen LogP contribution in [0.1, 0.15) is 45.1 Å². The van der Waals surface area contributed by atoms with E-state index in [1.165, 1.54) is 19.4 Å². The molecule has 1 aromatic carbocycles. The summed E-state index contributed by atoms with van der Waals surface area (Å²) in [6, 6.07) is 4.42. The van der Waals surface area contributed by atoms with Crippen molar-refractivity contribution in [2.75, 3.05) is 7.11 Å². The number of nitrogens with zero attached hydrogens (tertiary/aromatic N) is 3. The molecule has 1 amide bonds. The zero-order valence-corrected chi connectivity index (χ0v) is 14.3. The van der Waals surface area contributed by atoms with Crippen LogP contribution >= 0.6 is 0 Å². The second kappa shape index (κ2) is 6.95. The minimum absolute atomic E-state index is 0.0244. The summed E-state index contributed by atoms with van der Waals surface area (Å²) in [6.07, 6.45) is 2.85. The molecule has 136 valence electrons. The number of aryl methyl sites for hydroxylation is 1. The number of hydrogen-bond donors (Lipinski definition) is 0. The van der Waals surface area contributed by atoms with Gasteiger partial charge in [0.25, 0.3) is 11.6 Å². The van der Waals surface area contributed by atoms with Crippen molar-refractivity contribution in [2.45, 2.75) is 32.4 Å². The molecule has 0 saturated heterocycles. The number of nitro benzene ring substituents is 1. The number of esters is 1. The van der Waals surface area contributed by atoms with Crippen LogP contribution in [0.3, 0.4) is 0 Å². The third kappa shape index (κ3) is 3.56. The molecule has 1 aromatic heterocycles. The van der Waals surface area contributed by atoms with E-state index >= 15 is 0 Å². The molecular formula is C17H17N3O6. The third-order valence-corrected chi connectivity index (χ3v) is 4.15. The van der Waals surface area contributed by atoms with Gasteiger partial charge in [0, 0.05) is 23.2 Å². The third-order valence-electron chi connectivity index (χ3n) is 4.15. The highest BCUT2D eigenvalue weighted by Gasteiger charge is 2.34. The number of hydrogen-bond acceptors (Lipinski definition) is 7. The summed E-state index contributed by atoms with van der Waals surface area (Å²) >= 11 is 0. The van der Waals surface area contributed by atoms with Crippen molar-refractivity contribution in [1.29, 1.82) is 0 Å². The molecule has 1 heterocycles. The van der Waals surface area contributed by atoms with Crippen LogP contribution in [0.5, 0.6) is 0 Å². The van der Waals surface area contributed by atoms with Crippen LogP contribution in [0.4, 0.5) is 5.69 Å². The van der Waals surface area contributed by atoms with Crippen LogP contribution in [0.15, 0.2) is 28.9 Å². The molecule has 1 aliphatic rings. The van der Waals surface area contributed by atoms with E-state index in [4.69, 9.17) is 4.42 Å². The van der Waals surface area contributed by atoms with Gasteiger partial charge < -0.3 is 14.1 Å². The first-order valence-corrected chi connectivity index (χ1v) is 7.99. The molecule has 1 aliphatic carbocycles. The highest BCUT2D eigenvalue weighted by Crippen LogP contribution is 2.30. The Hall–Kier alpha value is -3.23. The number of nitro groups is 1. The summed E-state index contributed by atoms with van der Waals surface area (Å²) < 4.78 is 9.82. The maximum atomic E-state index is 12.9. The van der Waals surface area contributed by atoms with Gasteiger partial charge in [-0.3, -0.25) is 14.9 Å². The summed E-state index contributed by atoms with van der Waals surface area (Å²) in [6.45, 7) is 1.69. The van der Waals surface area contributed by atoms with Gasteiger partial charge in [0.1, 0.15) is 6.26 Å². The predicted octanol–water partition coefficient (Wildman–Crippen LogP) is 2.48. The number of carbonyl (C=O) groups is 2. The highest BCUT2D eigenvalue weighted by molar-refractivity contribution is 5.95. The quantitative estimate of drug-likeness (QED) is 0.442. The summed E-state index contributed by atoms with van der Waals surface area (Å²) in [5.74, 6) is -0.765. The lowest BCUT2D eigenvalue weighted by Crippen LogP contribution is -2.32. The van der Waals surface area contributed by atoms with E-state index in [9.17, 15) is 19.7 Å². The monoisotopic (exact) mass is 359 g/mol. The highest BCUT2D eigenvalue weighted by atomic mass is 16.6. The largest absolute Gasteiger partial charge is 0.464 e. The molecule has 0 unspecified atom stereocenters. The van der Waals surface area contributed by atoms with Crippen molar-refractivity contribution in [3.05, 3.63) is 57.3 Å². The molecule has 1 fully saturated rings. The molecule has 26 heavy (non-hydrogen) atoms. The van der Waals surface area contributed by atoms with Crippen molar-refractivity contribution in [3.8, 4) is 0 Å². The Morgan fingerprint density at radius 2 is 2.15 bits per heavy atom. The van der Waals surface area contributed by atoms with Crippen LogP contribution in [-0.4, -0.2) is 39.8 Å². The van der Waals surface area contributed by atoms with E-state index in [0.717, 1.165) is 12.8 Å². The standard InChI is InChI=1S/C17H17N3O6/c1-10-3-4-11(7-14(10)20(23)24)16(21)19(12-5-6-12)8-15-18-13(9-26-15)17(22)25-2/h3-4,7,9,12H,5-6,8H2,1-2H3. The van der Waals surface area contributed by atoms with Crippen LogP contribution < -0.4 is 0 Å². The maximum absolute atomic E-state index is 12.9. The van der Waals surface area contributed by atoms with E-state index in [1.807, 2.05) is 0 Å². The van der Waals surface area contributed by atoms with Crippen LogP contribution in [-0.2, 0) is 11.3 Å². The van der Waals surface area contributed by atoms with Gasteiger partial charge in [-0.1, -0.05) is 6.07 Å². The molecule has 3 rings (SSSR count). The number of amides is 1. The molecule has 0 spiro atoms. The fraction of sp³-hybridized carbons (Fsp3) is 0.353. The molecule has 0 atom stereocenters. The van der Waals surface area contributed by atoms with Gasteiger partial charge in [0.05, 0.1) is 18.6 Å². The molecule has 9 nitrogen and oxygen atoms in total. The van der Waals surface area contributed by atoms with Gasteiger partial charge in [-0.05, 0) is 25.8 Å². The SMILES string of the molecule is COC(=O)c1coc(CN(C(=O)c2ccc(C)c([N+](=O)[O-])c2)C2CC2)n1. The number of benzene rings is 1. The van der Waals surface area contributed by atoms with Gasteiger partial charge >= 0.3 is 5.97 Å². The maximum Gasteiger partial charge on any atom is 0.360 e. The fourth-order valence-electron chi connectivity index (χ4n) is 2.59. The smallest absolute Gasteiger partial charge is 0.360 e. The number of aromatic nitrogens is 1. The van der Waals surface area contributed by atoms with Crippen molar-refractivity contribution in [2.24, 2.45) is 0 Å². The zero-order valence-electron chi connectivity index (χ0n) is 14.3. The predicted molar refractivity (Wildman–Crippen MR) is 88.6 cm³/mol. The minimum Gasteiger partial charge on any atom is -0.464 e. The summed E-state index contributed by atoms with van der Waals surface area (Å²) in [5.41, 5.74) is 0.640. The Labute approximate surface area is 148 Å². The summed E-state index contributed by atoms with van der Waals surface area (Å²) in [7, 11) is 1.24. The number of oxazole rings is 1. The first kappa shape index (κ1) is 17.6. The van der Waals surface area contributed by atoms with E-state index < -0.39 is 10.9 Å². The minimum atomic E-state index is -0.626. The van der Waals surface area contributed by atoms with E-state index in [-0.39, 0.29) is 41.3 Å². The Balaban J connectivity index is 1.83. The molecular weight excluding hydrogens is 342 g/mol. The Kier molecular flexibility index (Phi) is 4.70. The Bertz CT molecular complexity index is 871. The second-order valence-electron chi connectivity index (χ2n) is 6.04. The lowest BCUT2D eigenvalue weighted by atomic mass is 10.1. The van der Waals surface area contributed by atoms with Gasteiger partial charge in [-0.25, -0.2) is 9.78 Å². The van der Waals surface area contributed by atoms with Crippen molar-refractivity contribution in [3.63, 3.8) is 0 Å². The van der Waals surface area contributed by atoms with Crippen molar-refractivity contribution in [1.82, 2.24) is 9.88 Å². The molecule has 0 aliphatic heterocycles. The lowest BCUT2D eigenvalue weighted by molar-refractivity contribution is -0.385. The first-order valence-electron chi connectivity index (χ1n) is 7.99. The van der Waals surface area contributed by atoms with E-state index in [1.54, 1.807) is 24.0 Å². The van der Waals surface area contributed by atoms with Crippen LogP contribution in [0, 0.1) is 17.0 Å². The summed E-state index contributed by atoms with van der Waals surface area (Å²) in [4.78, 5) is 40.5. The average molecular weight is 359 g/mol. The number of rotatable bonds is 6. The van der Waals surface area contributed by atoms with Gasteiger partial charge in [0.15, 0.2) is 5.69 Å². The van der Waals surface area contributed by atoms with Crippen LogP contribution in [0.2, 0.25) is 0 Å². The Morgan fingerprint density at radius 1 is 1.42 bits per heavy atom. The fourth-order valence-corrected chi connectivity index (χ4v) is 2.59. The average Bonchev–Trinajstić information content (AvgIpc) is 3.36. The normalized spacial score (nSPS) is 13.3. The number of carbonyl (C=O) groups excluding carboxylic acids is 2. The van der Waals surface area contributed by atoms with Crippen molar-refractivity contribution >= 4 is 17.6 Å². The number of methoxy groups -OCH3 is 1. The van der Waals surface area contributed by atoms with Gasteiger partial charge in [0.2, 0.25) is 5.89 Å². The molecule has 0 N–H and O–H groups in total. The second-order valence-corrected chi connectivity index (χ2v) is 6.04. The zero-order chi connectivity index (χ0) is 18.8. The molecule has 0 radical (unpaired) electrons. The first-order chi connectivity index (χ1) is 12.4. The van der Waals surface area contributed by atoms with Crippen LogP contribution in [0.25, 0.3) is 0 Å². The molecule has 0 bridgehead atoms. The van der Waals surface area contributed by atoms with Gasteiger partial charge in [-0.15, -0.1) is 0 Å². The van der Waals surface area contributed by atoms with E-state index in [2.05, 4.69) is 9.72 Å². The van der Waals surface area contributed by atoms with Gasteiger partial charge in [-0.2, -0.15) is 0 Å². The lowest BCUT2D eigenvalue weighted by Gasteiger charge is -2.20. The molecule has 1 saturated carbocycles. The van der Waals surface area contributed by atoms with E-state index in [0.29, 0.717) is 5.56 Å². The summed E-state index contributed by atoms with van der Waals surface area (Å²) in [5, 5.41) is 11.1. The Morgan fingerprint density at radius 3 is 2.77 bits per heavy atom. The van der Waals surface area contributed by atoms with Crippen molar-refractivity contribution < 1.29 is 23.7 Å². The number of ether oxygens (including phenoxy) is 1. The molecule has 2 aromatic rings.